The SMILES string of the molecule is Nc1ccccc1NC(=O)CCCCCCC(=O)c1ccc(CC2CC2)cc1. The minimum Gasteiger partial charge on any atom is -0.397 e. The lowest BCUT2D eigenvalue weighted by Gasteiger charge is -2.07. The van der Waals surface area contributed by atoms with Gasteiger partial charge in [0.2, 0.25) is 5.91 Å². The van der Waals surface area contributed by atoms with Crippen LogP contribution < -0.4 is 11.1 Å². The number of para-hydroxylation sites is 2. The van der Waals surface area contributed by atoms with Crippen molar-refractivity contribution in [3.8, 4) is 0 Å². The lowest BCUT2D eigenvalue weighted by atomic mass is 10.0. The van der Waals surface area contributed by atoms with Crippen molar-refractivity contribution in [3.05, 3.63) is 59.7 Å². The number of hydrogen-bond donors (Lipinski definition) is 2. The molecule has 0 saturated heterocycles. The highest BCUT2D eigenvalue weighted by molar-refractivity contribution is 5.96. The number of anilines is 2. The third kappa shape index (κ3) is 6.52. The van der Waals surface area contributed by atoms with Gasteiger partial charge in [-0.15, -0.1) is 0 Å². The molecular formula is C24H30N2O2. The molecule has 1 aliphatic carbocycles. The van der Waals surface area contributed by atoms with E-state index in [0.29, 0.717) is 24.2 Å². The summed E-state index contributed by atoms with van der Waals surface area (Å²) in [7, 11) is 0. The fourth-order valence-electron chi connectivity index (χ4n) is 3.37. The Morgan fingerprint density at radius 3 is 2.25 bits per heavy atom. The van der Waals surface area contributed by atoms with E-state index >= 15 is 0 Å². The Kier molecular flexibility index (Phi) is 7.24. The van der Waals surface area contributed by atoms with Crippen molar-refractivity contribution in [1.29, 1.82) is 0 Å². The van der Waals surface area contributed by atoms with Crippen LogP contribution in [0.1, 0.15) is 67.3 Å². The van der Waals surface area contributed by atoms with Crippen molar-refractivity contribution in [1.82, 2.24) is 0 Å². The molecule has 0 atom stereocenters. The van der Waals surface area contributed by atoms with Crippen molar-refractivity contribution in [2.75, 3.05) is 11.1 Å². The molecule has 2 aromatic carbocycles. The third-order valence-electron chi connectivity index (χ3n) is 5.29. The maximum atomic E-state index is 12.3. The van der Waals surface area contributed by atoms with Gasteiger partial charge in [-0.2, -0.15) is 0 Å². The molecule has 148 valence electrons. The third-order valence-corrected chi connectivity index (χ3v) is 5.29. The van der Waals surface area contributed by atoms with Gasteiger partial charge in [-0.25, -0.2) is 0 Å². The summed E-state index contributed by atoms with van der Waals surface area (Å²) in [4.78, 5) is 24.3. The molecule has 2 aromatic rings. The Labute approximate surface area is 167 Å². The summed E-state index contributed by atoms with van der Waals surface area (Å²) in [6.07, 6.45) is 8.51. The summed E-state index contributed by atoms with van der Waals surface area (Å²) in [5.41, 5.74) is 9.23. The summed E-state index contributed by atoms with van der Waals surface area (Å²) in [5.74, 6) is 1.07. The van der Waals surface area contributed by atoms with Gasteiger partial charge in [0.15, 0.2) is 5.78 Å². The van der Waals surface area contributed by atoms with E-state index in [1.807, 2.05) is 24.3 Å². The molecule has 0 bridgehead atoms. The van der Waals surface area contributed by atoms with E-state index in [4.69, 9.17) is 5.73 Å². The smallest absolute Gasteiger partial charge is 0.224 e. The van der Waals surface area contributed by atoms with E-state index in [9.17, 15) is 9.59 Å². The Hall–Kier alpha value is -2.62. The monoisotopic (exact) mass is 378 g/mol. The first kappa shape index (κ1) is 20.1. The number of benzene rings is 2. The number of unbranched alkanes of at least 4 members (excludes halogenated alkanes) is 3. The van der Waals surface area contributed by atoms with Crippen molar-refractivity contribution >= 4 is 23.1 Å². The van der Waals surface area contributed by atoms with E-state index < -0.39 is 0 Å². The molecule has 1 fully saturated rings. The topological polar surface area (TPSA) is 72.2 Å². The number of carbonyl (C=O) groups is 2. The van der Waals surface area contributed by atoms with Gasteiger partial charge in [-0.05, 0) is 55.7 Å². The highest BCUT2D eigenvalue weighted by Crippen LogP contribution is 2.32. The molecule has 4 heteroatoms. The van der Waals surface area contributed by atoms with Gasteiger partial charge in [0, 0.05) is 18.4 Å². The summed E-state index contributed by atoms with van der Waals surface area (Å²) >= 11 is 0. The van der Waals surface area contributed by atoms with Gasteiger partial charge in [0.25, 0.3) is 0 Å². The number of ketones is 1. The molecule has 1 aliphatic rings. The molecule has 0 spiro atoms. The molecule has 0 unspecified atom stereocenters. The molecule has 1 saturated carbocycles. The van der Waals surface area contributed by atoms with Gasteiger partial charge < -0.3 is 11.1 Å². The highest BCUT2D eigenvalue weighted by Gasteiger charge is 2.21. The van der Waals surface area contributed by atoms with Gasteiger partial charge in [0.05, 0.1) is 11.4 Å². The van der Waals surface area contributed by atoms with E-state index in [0.717, 1.165) is 43.6 Å². The van der Waals surface area contributed by atoms with Gasteiger partial charge in [-0.1, -0.05) is 49.2 Å². The number of Topliss-reactive ketones (excluding diaryl/α,β-unsaturated/α-hetero) is 1. The van der Waals surface area contributed by atoms with E-state index in [-0.39, 0.29) is 11.7 Å². The van der Waals surface area contributed by atoms with Gasteiger partial charge in [0.1, 0.15) is 0 Å². The summed E-state index contributed by atoms with van der Waals surface area (Å²) < 4.78 is 0. The van der Waals surface area contributed by atoms with Crippen LogP contribution in [0.3, 0.4) is 0 Å². The number of rotatable bonds is 11. The van der Waals surface area contributed by atoms with Gasteiger partial charge >= 0.3 is 0 Å². The molecule has 0 heterocycles. The lowest BCUT2D eigenvalue weighted by molar-refractivity contribution is -0.116. The standard InChI is InChI=1S/C24H30N2O2/c25-21-7-5-6-8-22(21)26-24(28)10-4-2-1-3-9-23(27)20-15-13-19(14-16-20)17-18-11-12-18/h5-8,13-16,18H,1-4,9-12,17,25H2,(H,26,28). The van der Waals surface area contributed by atoms with Crippen molar-refractivity contribution in [2.45, 2.75) is 57.8 Å². The van der Waals surface area contributed by atoms with E-state index in [1.165, 1.54) is 18.4 Å². The van der Waals surface area contributed by atoms with Crippen LogP contribution >= 0.6 is 0 Å². The summed E-state index contributed by atoms with van der Waals surface area (Å²) in [6.45, 7) is 0. The number of hydrogen-bond acceptors (Lipinski definition) is 3. The molecule has 4 nitrogen and oxygen atoms in total. The van der Waals surface area contributed by atoms with Crippen LogP contribution in [0, 0.1) is 5.92 Å². The van der Waals surface area contributed by atoms with Crippen LogP contribution in [0.5, 0.6) is 0 Å². The zero-order valence-corrected chi connectivity index (χ0v) is 16.5. The first-order valence-corrected chi connectivity index (χ1v) is 10.4. The van der Waals surface area contributed by atoms with Crippen LogP contribution in [0.4, 0.5) is 11.4 Å². The Balaban J connectivity index is 1.27. The van der Waals surface area contributed by atoms with Crippen LogP contribution in [0.15, 0.2) is 48.5 Å². The first-order chi connectivity index (χ1) is 13.6. The van der Waals surface area contributed by atoms with Crippen molar-refractivity contribution in [3.63, 3.8) is 0 Å². The average molecular weight is 379 g/mol. The quantitative estimate of drug-likeness (QED) is 0.313. The van der Waals surface area contributed by atoms with Crippen LogP contribution in [-0.4, -0.2) is 11.7 Å². The normalized spacial score (nSPS) is 13.3. The highest BCUT2D eigenvalue weighted by atomic mass is 16.1. The molecular weight excluding hydrogens is 348 g/mol. The predicted octanol–water partition coefficient (Wildman–Crippen LogP) is 5.38. The zero-order valence-electron chi connectivity index (χ0n) is 16.5. The minimum absolute atomic E-state index is 0.0136. The average Bonchev–Trinajstić information content (AvgIpc) is 3.51. The minimum atomic E-state index is -0.0136. The second-order valence-corrected chi connectivity index (χ2v) is 7.82. The maximum Gasteiger partial charge on any atom is 0.224 e. The number of amides is 1. The number of nitrogen functional groups attached to an aromatic ring is 1. The summed E-state index contributed by atoms with van der Waals surface area (Å²) in [5, 5.41) is 2.84. The Bertz CT molecular complexity index is 795. The fourth-order valence-corrected chi connectivity index (χ4v) is 3.37. The zero-order chi connectivity index (χ0) is 19.8. The molecule has 3 N–H and O–H groups in total. The molecule has 1 amide bonds. The van der Waals surface area contributed by atoms with Crippen molar-refractivity contribution in [2.24, 2.45) is 5.92 Å². The van der Waals surface area contributed by atoms with Gasteiger partial charge in [-0.3, -0.25) is 9.59 Å². The van der Waals surface area contributed by atoms with Crippen LogP contribution in [0.25, 0.3) is 0 Å². The van der Waals surface area contributed by atoms with E-state index in [1.54, 1.807) is 12.1 Å². The molecule has 0 aromatic heterocycles. The number of nitrogens with one attached hydrogen (secondary N) is 1. The molecule has 0 aliphatic heterocycles. The Morgan fingerprint density at radius 2 is 1.57 bits per heavy atom. The second kappa shape index (κ2) is 10.1. The molecule has 3 rings (SSSR count). The number of nitrogens with two attached hydrogens (primary N) is 1. The maximum absolute atomic E-state index is 12.3. The van der Waals surface area contributed by atoms with E-state index in [2.05, 4.69) is 17.4 Å². The van der Waals surface area contributed by atoms with Crippen LogP contribution in [-0.2, 0) is 11.2 Å². The predicted molar refractivity (Wildman–Crippen MR) is 114 cm³/mol. The largest absolute Gasteiger partial charge is 0.397 e. The molecule has 0 radical (unpaired) electrons. The lowest BCUT2D eigenvalue weighted by Crippen LogP contribution is -2.12. The fraction of sp³-hybridized carbons (Fsp3) is 0.417. The second-order valence-electron chi connectivity index (χ2n) is 7.82. The van der Waals surface area contributed by atoms with Crippen LogP contribution in [0.2, 0.25) is 0 Å². The molecule has 28 heavy (non-hydrogen) atoms. The Morgan fingerprint density at radius 1 is 0.893 bits per heavy atom. The first-order valence-electron chi connectivity index (χ1n) is 10.4. The van der Waals surface area contributed by atoms with Crippen molar-refractivity contribution < 1.29 is 9.59 Å². The number of carbonyl (C=O) groups excluding carboxylic acids is 2. The summed E-state index contributed by atoms with van der Waals surface area (Å²) in [6, 6.07) is 15.4.